The summed E-state index contributed by atoms with van der Waals surface area (Å²) in [5, 5.41) is 3.40. The lowest BCUT2D eigenvalue weighted by atomic mass is 9.93. The van der Waals surface area contributed by atoms with Crippen molar-refractivity contribution >= 4 is 11.6 Å². The zero-order valence-corrected chi connectivity index (χ0v) is 12.8. The minimum absolute atomic E-state index is 0.0494. The van der Waals surface area contributed by atoms with Gasteiger partial charge in [0, 0.05) is 12.6 Å². The van der Waals surface area contributed by atoms with Crippen molar-refractivity contribution in [3.8, 4) is 0 Å². The van der Waals surface area contributed by atoms with Crippen molar-refractivity contribution in [3.05, 3.63) is 34.6 Å². The fourth-order valence-corrected chi connectivity index (χ4v) is 2.49. The molecule has 108 valence electrons. The quantitative estimate of drug-likeness (QED) is 0.826. The molecule has 0 spiro atoms. The van der Waals surface area contributed by atoms with Gasteiger partial charge in [-0.05, 0) is 37.9 Å². The first-order chi connectivity index (χ1) is 9.01. The summed E-state index contributed by atoms with van der Waals surface area (Å²) in [6, 6.07) is 5.18. The number of hydrogen-bond acceptors (Lipinski definition) is 2. The average Bonchev–Trinajstić information content (AvgIpc) is 2.38. The van der Waals surface area contributed by atoms with Crippen LogP contribution in [0.15, 0.2) is 18.2 Å². The molecular weight excluding hydrogens is 265 g/mol. The van der Waals surface area contributed by atoms with Crippen LogP contribution >= 0.6 is 11.6 Å². The van der Waals surface area contributed by atoms with E-state index >= 15 is 0 Å². The highest BCUT2D eigenvalue weighted by atomic mass is 35.5. The third kappa shape index (κ3) is 4.44. The van der Waals surface area contributed by atoms with Gasteiger partial charge in [-0.3, -0.25) is 0 Å². The van der Waals surface area contributed by atoms with E-state index in [2.05, 4.69) is 19.2 Å². The van der Waals surface area contributed by atoms with Crippen molar-refractivity contribution in [1.29, 1.82) is 0 Å². The van der Waals surface area contributed by atoms with Crippen LogP contribution in [0.1, 0.15) is 26.3 Å². The summed E-state index contributed by atoms with van der Waals surface area (Å²) in [5.74, 6) is 0.0306. The molecule has 2 atom stereocenters. The molecule has 2 nitrogen and oxygen atoms in total. The first-order valence-electron chi connectivity index (χ1n) is 6.73. The molecule has 0 bridgehead atoms. The van der Waals surface area contributed by atoms with Crippen molar-refractivity contribution < 1.29 is 9.13 Å². The summed E-state index contributed by atoms with van der Waals surface area (Å²) < 4.78 is 19.7. The summed E-state index contributed by atoms with van der Waals surface area (Å²) in [5.41, 5.74) is 0.622. The van der Waals surface area contributed by atoms with Gasteiger partial charge in [-0.25, -0.2) is 4.39 Å². The van der Waals surface area contributed by atoms with Gasteiger partial charge in [0.25, 0.3) is 0 Å². The van der Waals surface area contributed by atoms with Crippen molar-refractivity contribution in [1.82, 2.24) is 5.32 Å². The third-order valence-electron chi connectivity index (χ3n) is 3.25. The largest absolute Gasteiger partial charge is 0.377 e. The molecule has 0 aliphatic carbocycles. The topological polar surface area (TPSA) is 21.3 Å². The number of ether oxygens (including phenoxy) is 1. The van der Waals surface area contributed by atoms with Crippen LogP contribution in [0.2, 0.25) is 5.02 Å². The van der Waals surface area contributed by atoms with Gasteiger partial charge in [-0.15, -0.1) is 0 Å². The Balaban J connectivity index is 2.88. The fourth-order valence-electron chi connectivity index (χ4n) is 2.29. The highest BCUT2D eigenvalue weighted by molar-refractivity contribution is 6.30. The molecule has 0 amide bonds. The zero-order chi connectivity index (χ0) is 14.4. The maximum atomic E-state index is 13.9. The smallest absolute Gasteiger partial charge is 0.145 e. The molecule has 4 heteroatoms. The van der Waals surface area contributed by atoms with Crippen LogP contribution in [0.4, 0.5) is 4.39 Å². The number of halogens is 2. The molecule has 0 aliphatic rings. The minimum Gasteiger partial charge on any atom is -0.377 e. The zero-order valence-electron chi connectivity index (χ0n) is 12.0. The van der Waals surface area contributed by atoms with Crippen LogP contribution in [-0.2, 0) is 11.2 Å². The molecule has 0 radical (unpaired) electrons. The molecular formula is C15H23ClFNO. The predicted octanol–water partition coefficient (Wildman–Crippen LogP) is 3.67. The van der Waals surface area contributed by atoms with E-state index in [0.29, 0.717) is 24.5 Å². The van der Waals surface area contributed by atoms with Gasteiger partial charge in [-0.1, -0.05) is 37.6 Å². The van der Waals surface area contributed by atoms with Crippen molar-refractivity contribution in [2.24, 2.45) is 5.92 Å². The lowest BCUT2D eigenvalue weighted by Crippen LogP contribution is -2.44. The van der Waals surface area contributed by atoms with Gasteiger partial charge in [0.05, 0.1) is 11.1 Å². The van der Waals surface area contributed by atoms with E-state index in [-0.39, 0.29) is 23.0 Å². The number of rotatable bonds is 7. The highest BCUT2D eigenvalue weighted by Crippen LogP contribution is 2.21. The maximum Gasteiger partial charge on any atom is 0.145 e. The van der Waals surface area contributed by atoms with E-state index in [0.717, 1.165) is 0 Å². The molecule has 0 aromatic heterocycles. The van der Waals surface area contributed by atoms with Gasteiger partial charge in [0.1, 0.15) is 5.82 Å². The molecule has 0 saturated heterocycles. The second kappa shape index (κ2) is 7.83. The van der Waals surface area contributed by atoms with Gasteiger partial charge < -0.3 is 10.1 Å². The summed E-state index contributed by atoms with van der Waals surface area (Å²) >= 11 is 5.82. The van der Waals surface area contributed by atoms with Crippen molar-refractivity contribution in [2.75, 3.05) is 13.7 Å². The van der Waals surface area contributed by atoms with E-state index in [1.807, 2.05) is 14.0 Å². The van der Waals surface area contributed by atoms with Gasteiger partial charge in [0.2, 0.25) is 0 Å². The van der Waals surface area contributed by atoms with Crippen molar-refractivity contribution in [3.63, 3.8) is 0 Å². The Kier molecular flexibility index (Phi) is 6.76. The van der Waals surface area contributed by atoms with E-state index < -0.39 is 0 Å². The molecule has 0 saturated carbocycles. The average molecular weight is 288 g/mol. The van der Waals surface area contributed by atoms with Crippen molar-refractivity contribution in [2.45, 2.75) is 39.3 Å². The maximum absolute atomic E-state index is 13.9. The van der Waals surface area contributed by atoms with Crippen LogP contribution in [0.3, 0.4) is 0 Å². The predicted molar refractivity (Wildman–Crippen MR) is 78.2 cm³/mol. The Morgan fingerprint density at radius 2 is 2.05 bits per heavy atom. The van der Waals surface area contributed by atoms with Crippen LogP contribution in [0.5, 0.6) is 0 Å². The lowest BCUT2D eigenvalue weighted by molar-refractivity contribution is 0.00519. The summed E-state index contributed by atoms with van der Waals surface area (Å²) in [4.78, 5) is 0. The molecule has 1 aromatic carbocycles. The first kappa shape index (κ1) is 16.4. The Hall–Kier alpha value is -0.640. The van der Waals surface area contributed by atoms with E-state index in [4.69, 9.17) is 16.3 Å². The number of likely N-dealkylation sites (N-methyl/N-ethyl adjacent to an activating group) is 1. The van der Waals surface area contributed by atoms with Gasteiger partial charge >= 0.3 is 0 Å². The minimum atomic E-state index is -0.330. The Bertz CT molecular complexity index is 398. The molecule has 1 rings (SSSR count). The fraction of sp³-hybridized carbons (Fsp3) is 0.600. The summed E-state index contributed by atoms with van der Waals surface area (Å²) in [7, 11) is 1.88. The van der Waals surface area contributed by atoms with Crippen LogP contribution in [-0.4, -0.2) is 25.8 Å². The number of nitrogens with one attached hydrogen (secondary N) is 1. The Morgan fingerprint density at radius 1 is 1.37 bits per heavy atom. The summed E-state index contributed by atoms with van der Waals surface area (Å²) in [6.07, 6.45) is 0.611. The standard InChI is InChI=1S/C15H23ClFNO/c1-5-19-15(10(2)3)13(18-4)9-11-7-6-8-12(16)14(11)17/h6-8,10,13,15,18H,5,9H2,1-4H3. The molecule has 19 heavy (non-hydrogen) atoms. The first-order valence-corrected chi connectivity index (χ1v) is 7.10. The Morgan fingerprint density at radius 3 is 2.58 bits per heavy atom. The molecule has 1 aromatic rings. The second-order valence-corrected chi connectivity index (χ2v) is 5.38. The second-order valence-electron chi connectivity index (χ2n) is 4.98. The normalized spacial score (nSPS) is 14.7. The molecule has 1 N–H and O–H groups in total. The third-order valence-corrected chi connectivity index (χ3v) is 3.55. The van der Waals surface area contributed by atoms with Crippen LogP contribution in [0.25, 0.3) is 0 Å². The molecule has 0 fully saturated rings. The molecule has 0 aliphatic heterocycles. The Labute approximate surface area is 120 Å². The summed E-state index contributed by atoms with van der Waals surface area (Å²) in [6.45, 7) is 6.85. The highest BCUT2D eigenvalue weighted by Gasteiger charge is 2.25. The van der Waals surface area contributed by atoms with Crippen LogP contribution < -0.4 is 5.32 Å². The monoisotopic (exact) mass is 287 g/mol. The SMILES string of the molecule is CCOC(C(C)C)C(Cc1cccc(Cl)c1F)NC. The molecule has 0 heterocycles. The number of benzene rings is 1. The lowest BCUT2D eigenvalue weighted by Gasteiger charge is -2.30. The molecule has 2 unspecified atom stereocenters. The van der Waals surface area contributed by atoms with Gasteiger partial charge in [0.15, 0.2) is 0 Å². The van der Waals surface area contributed by atoms with Crippen LogP contribution in [0, 0.1) is 11.7 Å². The number of hydrogen-bond donors (Lipinski definition) is 1. The van der Waals surface area contributed by atoms with E-state index in [1.54, 1.807) is 18.2 Å². The van der Waals surface area contributed by atoms with E-state index in [9.17, 15) is 4.39 Å². The van der Waals surface area contributed by atoms with E-state index in [1.165, 1.54) is 0 Å². The van der Waals surface area contributed by atoms with Gasteiger partial charge in [-0.2, -0.15) is 0 Å².